The number of carbonyl (C=O) groups excluding carboxylic acids is 1. The van der Waals surface area contributed by atoms with E-state index in [9.17, 15) is 9.18 Å². The molecule has 1 unspecified atom stereocenters. The third-order valence-electron chi connectivity index (χ3n) is 3.03. The van der Waals surface area contributed by atoms with Gasteiger partial charge in [-0.15, -0.1) is 0 Å². The fraction of sp³-hybridized carbons (Fsp3) is 0.500. The van der Waals surface area contributed by atoms with Crippen LogP contribution in [0.5, 0.6) is 5.75 Å². The minimum atomic E-state index is -0.850. The van der Waals surface area contributed by atoms with Crippen molar-refractivity contribution in [3.8, 4) is 5.75 Å². The van der Waals surface area contributed by atoms with E-state index in [1.165, 1.54) is 19.2 Å². The number of benzene rings is 1. The second-order valence-electron chi connectivity index (χ2n) is 4.63. The van der Waals surface area contributed by atoms with Crippen molar-refractivity contribution in [2.75, 3.05) is 20.3 Å². The predicted octanol–water partition coefficient (Wildman–Crippen LogP) is 1.90. The van der Waals surface area contributed by atoms with Crippen molar-refractivity contribution in [1.82, 2.24) is 0 Å². The zero-order valence-corrected chi connectivity index (χ0v) is 11.5. The molecule has 5 heteroatoms. The molecule has 0 aromatic heterocycles. The molecule has 0 fully saturated rings. The molecule has 0 bridgehead atoms. The number of nitrogens with two attached hydrogens (primary N) is 1. The Morgan fingerprint density at radius 1 is 1.47 bits per heavy atom. The molecule has 1 atom stereocenters. The topological polar surface area (TPSA) is 61.5 Å². The molecule has 0 aliphatic rings. The molecule has 0 aliphatic carbocycles. The van der Waals surface area contributed by atoms with Gasteiger partial charge in [-0.25, -0.2) is 4.39 Å². The van der Waals surface area contributed by atoms with Crippen LogP contribution in [0.15, 0.2) is 18.2 Å². The molecule has 0 saturated carbocycles. The molecule has 0 spiro atoms. The first-order chi connectivity index (χ1) is 8.96. The van der Waals surface area contributed by atoms with E-state index in [2.05, 4.69) is 0 Å². The lowest BCUT2D eigenvalue weighted by atomic mass is 9.83. The van der Waals surface area contributed by atoms with Gasteiger partial charge in [0.15, 0.2) is 11.6 Å². The lowest BCUT2D eigenvalue weighted by molar-refractivity contribution is -0.153. The molecule has 1 rings (SSSR count). The van der Waals surface area contributed by atoms with Crippen LogP contribution in [0.4, 0.5) is 4.39 Å². The quantitative estimate of drug-likeness (QED) is 0.801. The molecular formula is C14H20FNO3. The van der Waals surface area contributed by atoms with E-state index in [-0.39, 0.29) is 18.3 Å². The van der Waals surface area contributed by atoms with Crippen molar-refractivity contribution >= 4 is 5.97 Å². The van der Waals surface area contributed by atoms with Gasteiger partial charge < -0.3 is 15.2 Å². The summed E-state index contributed by atoms with van der Waals surface area (Å²) < 4.78 is 23.5. The van der Waals surface area contributed by atoms with Crippen LogP contribution in [0.3, 0.4) is 0 Å². The smallest absolute Gasteiger partial charge is 0.313 e. The van der Waals surface area contributed by atoms with E-state index in [0.717, 1.165) is 0 Å². The van der Waals surface area contributed by atoms with Gasteiger partial charge in [0.2, 0.25) is 0 Å². The Hall–Kier alpha value is -1.62. The van der Waals surface area contributed by atoms with Crippen molar-refractivity contribution in [1.29, 1.82) is 0 Å². The second-order valence-corrected chi connectivity index (χ2v) is 4.63. The van der Waals surface area contributed by atoms with Gasteiger partial charge >= 0.3 is 5.97 Å². The van der Waals surface area contributed by atoms with Gasteiger partial charge in [0.1, 0.15) is 0 Å². The van der Waals surface area contributed by atoms with E-state index in [0.29, 0.717) is 18.6 Å². The monoisotopic (exact) mass is 269 g/mol. The Morgan fingerprint density at radius 2 is 2.16 bits per heavy atom. The van der Waals surface area contributed by atoms with Crippen molar-refractivity contribution in [2.45, 2.75) is 20.3 Å². The number of ether oxygens (including phenoxy) is 2. The molecular weight excluding hydrogens is 249 g/mol. The first-order valence-corrected chi connectivity index (χ1v) is 6.16. The zero-order chi connectivity index (χ0) is 14.5. The van der Waals surface area contributed by atoms with Gasteiger partial charge in [0.05, 0.1) is 19.1 Å². The maximum Gasteiger partial charge on any atom is 0.313 e. The van der Waals surface area contributed by atoms with Crippen LogP contribution in [-0.4, -0.2) is 26.2 Å². The molecule has 2 N–H and O–H groups in total. The van der Waals surface area contributed by atoms with Crippen molar-refractivity contribution in [3.63, 3.8) is 0 Å². The lowest BCUT2D eigenvalue weighted by Crippen LogP contribution is -2.39. The predicted molar refractivity (Wildman–Crippen MR) is 70.5 cm³/mol. The molecule has 0 radical (unpaired) electrons. The zero-order valence-electron chi connectivity index (χ0n) is 11.5. The van der Waals surface area contributed by atoms with Crippen LogP contribution in [0.1, 0.15) is 19.4 Å². The maximum atomic E-state index is 13.6. The van der Waals surface area contributed by atoms with Gasteiger partial charge in [-0.05, 0) is 38.0 Å². The minimum Gasteiger partial charge on any atom is -0.494 e. The summed E-state index contributed by atoms with van der Waals surface area (Å²) in [5.74, 6) is -0.647. The van der Waals surface area contributed by atoms with Crippen molar-refractivity contribution < 1.29 is 18.7 Å². The van der Waals surface area contributed by atoms with Gasteiger partial charge in [0, 0.05) is 6.54 Å². The number of hydrogen-bond acceptors (Lipinski definition) is 4. The highest BCUT2D eigenvalue weighted by molar-refractivity contribution is 5.77. The highest BCUT2D eigenvalue weighted by Gasteiger charge is 2.33. The third kappa shape index (κ3) is 3.67. The number of halogens is 1. The summed E-state index contributed by atoms with van der Waals surface area (Å²) in [6, 6.07) is 4.60. The van der Waals surface area contributed by atoms with E-state index < -0.39 is 11.2 Å². The largest absolute Gasteiger partial charge is 0.494 e. The molecule has 0 saturated heterocycles. The first-order valence-electron chi connectivity index (χ1n) is 6.16. The fourth-order valence-corrected chi connectivity index (χ4v) is 1.80. The standard InChI is InChI=1S/C14H20FNO3/c1-4-19-13(17)14(2,9-16)8-10-5-6-12(18-3)11(15)7-10/h5-7H,4,8-9,16H2,1-3H3. The number of hydrogen-bond donors (Lipinski definition) is 1. The molecule has 0 heterocycles. The normalized spacial score (nSPS) is 13.7. The van der Waals surface area contributed by atoms with Gasteiger partial charge in [-0.1, -0.05) is 6.07 Å². The summed E-state index contributed by atoms with van der Waals surface area (Å²) >= 11 is 0. The Bertz CT molecular complexity index is 450. The summed E-state index contributed by atoms with van der Waals surface area (Å²) in [7, 11) is 1.40. The SMILES string of the molecule is CCOC(=O)C(C)(CN)Cc1ccc(OC)c(F)c1. The summed E-state index contributed by atoms with van der Waals surface area (Å²) in [5, 5.41) is 0. The second kappa shape index (κ2) is 6.52. The van der Waals surface area contributed by atoms with Crippen LogP contribution in [-0.2, 0) is 16.0 Å². The van der Waals surface area contributed by atoms with Crippen LogP contribution < -0.4 is 10.5 Å². The lowest BCUT2D eigenvalue weighted by Gasteiger charge is -2.25. The molecule has 1 aromatic carbocycles. The number of methoxy groups -OCH3 is 1. The van der Waals surface area contributed by atoms with Crippen molar-refractivity contribution in [2.24, 2.45) is 11.1 Å². The average Bonchev–Trinajstić information content (AvgIpc) is 2.39. The van der Waals surface area contributed by atoms with Crippen LogP contribution in [0.25, 0.3) is 0 Å². The summed E-state index contributed by atoms with van der Waals surface area (Å²) in [6.07, 6.45) is 0.323. The molecule has 0 aliphatic heterocycles. The van der Waals surface area contributed by atoms with Crippen molar-refractivity contribution in [3.05, 3.63) is 29.6 Å². The van der Waals surface area contributed by atoms with Gasteiger partial charge in [-0.2, -0.15) is 0 Å². The average molecular weight is 269 g/mol. The van der Waals surface area contributed by atoms with Gasteiger partial charge in [-0.3, -0.25) is 4.79 Å². The Labute approximate surface area is 112 Å². The summed E-state index contributed by atoms with van der Waals surface area (Å²) in [6.45, 7) is 3.89. The first kappa shape index (κ1) is 15.4. The van der Waals surface area contributed by atoms with E-state index in [4.69, 9.17) is 15.2 Å². The van der Waals surface area contributed by atoms with Crippen LogP contribution in [0, 0.1) is 11.2 Å². The molecule has 1 aromatic rings. The number of rotatable bonds is 6. The van der Waals surface area contributed by atoms with Crippen LogP contribution in [0.2, 0.25) is 0 Å². The third-order valence-corrected chi connectivity index (χ3v) is 3.03. The summed E-state index contributed by atoms with van der Waals surface area (Å²) in [5.41, 5.74) is 5.49. The van der Waals surface area contributed by atoms with Gasteiger partial charge in [0.25, 0.3) is 0 Å². The maximum absolute atomic E-state index is 13.6. The summed E-state index contributed by atoms with van der Waals surface area (Å²) in [4.78, 5) is 11.9. The Balaban J connectivity index is 2.92. The highest BCUT2D eigenvalue weighted by Crippen LogP contribution is 2.26. The molecule has 4 nitrogen and oxygen atoms in total. The van der Waals surface area contributed by atoms with E-state index >= 15 is 0 Å². The van der Waals surface area contributed by atoms with E-state index in [1.807, 2.05) is 0 Å². The Morgan fingerprint density at radius 3 is 2.63 bits per heavy atom. The fourth-order valence-electron chi connectivity index (χ4n) is 1.80. The Kier molecular flexibility index (Phi) is 5.30. The highest BCUT2D eigenvalue weighted by atomic mass is 19.1. The minimum absolute atomic E-state index is 0.138. The van der Waals surface area contributed by atoms with Crippen LogP contribution >= 0.6 is 0 Å². The number of esters is 1. The number of carbonyl (C=O) groups is 1. The van der Waals surface area contributed by atoms with E-state index in [1.54, 1.807) is 19.9 Å². The molecule has 19 heavy (non-hydrogen) atoms. The molecule has 0 amide bonds. The molecule has 106 valence electrons.